The van der Waals surface area contributed by atoms with E-state index in [1.54, 1.807) is 13.2 Å². The molecule has 4 nitrogen and oxygen atoms in total. The molecule has 0 fully saturated rings. The van der Waals surface area contributed by atoms with Crippen molar-refractivity contribution in [1.82, 2.24) is 9.78 Å². The molecule has 0 saturated carbocycles. The third-order valence-electron chi connectivity index (χ3n) is 1.18. The van der Waals surface area contributed by atoms with Crippen molar-refractivity contribution < 1.29 is 9.90 Å². The Hall–Kier alpha value is -1.28. The van der Waals surface area contributed by atoms with Gasteiger partial charge in [0.1, 0.15) is 5.69 Å². The molecule has 1 N–H and O–H groups in total. The summed E-state index contributed by atoms with van der Waals surface area (Å²) in [5.41, 5.74) is 0.553. The third-order valence-corrected chi connectivity index (χ3v) is 1.76. The molecular weight excluding hydrogens is 224 g/mol. The molecule has 12 heavy (non-hydrogen) atoms. The fourth-order valence-corrected chi connectivity index (χ4v) is 1.11. The lowest BCUT2D eigenvalue weighted by Crippen LogP contribution is -1.95. The first-order valence-electron chi connectivity index (χ1n) is 3.03. The predicted molar refractivity (Wildman–Crippen MR) is 45.4 cm³/mol. The highest BCUT2D eigenvalue weighted by Gasteiger charge is 2.01. The maximum Gasteiger partial charge on any atom is 0.382 e. The molecule has 62 valence electrons. The smallest absolute Gasteiger partial charge is 0.382 e. The quantitative estimate of drug-likeness (QED) is 0.663. The summed E-state index contributed by atoms with van der Waals surface area (Å²) in [4.78, 5) is 10.1. The number of hydrogen-bond donors (Lipinski definition) is 1. The highest BCUT2D eigenvalue weighted by molar-refractivity contribution is 9.10. The summed E-state index contributed by atoms with van der Waals surface area (Å²) in [5.74, 6) is 3.32. The molecule has 0 aliphatic rings. The van der Waals surface area contributed by atoms with Gasteiger partial charge in [0.15, 0.2) is 0 Å². The highest BCUT2D eigenvalue weighted by Crippen LogP contribution is 2.12. The van der Waals surface area contributed by atoms with Gasteiger partial charge in [0.25, 0.3) is 0 Å². The van der Waals surface area contributed by atoms with Gasteiger partial charge in [-0.1, -0.05) is 0 Å². The van der Waals surface area contributed by atoms with Crippen LogP contribution in [0.4, 0.5) is 0 Å². The number of rotatable bonds is 0. The zero-order valence-electron chi connectivity index (χ0n) is 6.21. The van der Waals surface area contributed by atoms with Gasteiger partial charge in [0.2, 0.25) is 0 Å². The lowest BCUT2D eigenvalue weighted by molar-refractivity contribution is -0.130. The zero-order chi connectivity index (χ0) is 9.14. The van der Waals surface area contributed by atoms with Crippen molar-refractivity contribution in [3.05, 3.63) is 16.4 Å². The molecule has 5 heteroatoms. The van der Waals surface area contributed by atoms with E-state index in [1.165, 1.54) is 4.68 Å². The van der Waals surface area contributed by atoms with Crippen molar-refractivity contribution in [3.63, 3.8) is 0 Å². The van der Waals surface area contributed by atoms with Crippen LogP contribution in [0.15, 0.2) is 10.7 Å². The van der Waals surface area contributed by atoms with Crippen molar-refractivity contribution in [2.75, 3.05) is 0 Å². The van der Waals surface area contributed by atoms with Crippen LogP contribution in [0, 0.1) is 11.8 Å². The van der Waals surface area contributed by atoms with Gasteiger partial charge in [-0.25, -0.2) is 4.79 Å². The Morgan fingerprint density at radius 2 is 2.50 bits per heavy atom. The second kappa shape index (κ2) is 3.41. The van der Waals surface area contributed by atoms with Crippen molar-refractivity contribution in [1.29, 1.82) is 0 Å². The zero-order valence-corrected chi connectivity index (χ0v) is 7.79. The molecule has 0 aliphatic carbocycles. The number of aromatic nitrogens is 2. The summed E-state index contributed by atoms with van der Waals surface area (Å²) in [6.07, 6.45) is 1.56. The molecule has 0 unspecified atom stereocenters. The van der Waals surface area contributed by atoms with Crippen LogP contribution in [0.1, 0.15) is 5.69 Å². The first-order chi connectivity index (χ1) is 5.61. The minimum atomic E-state index is -1.15. The molecule has 0 atom stereocenters. The normalized spacial score (nSPS) is 8.83. The van der Waals surface area contributed by atoms with E-state index in [0.717, 1.165) is 0 Å². The van der Waals surface area contributed by atoms with E-state index in [0.29, 0.717) is 10.2 Å². The first kappa shape index (κ1) is 8.81. The van der Waals surface area contributed by atoms with Crippen LogP contribution < -0.4 is 0 Å². The Balaban J connectivity index is 3.05. The van der Waals surface area contributed by atoms with E-state index in [-0.39, 0.29) is 0 Å². The van der Waals surface area contributed by atoms with Crippen LogP contribution in [0.2, 0.25) is 0 Å². The van der Waals surface area contributed by atoms with E-state index in [2.05, 4.69) is 26.9 Å². The van der Waals surface area contributed by atoms with E-state index in [9.17, 15) is 4.79 Å². The summed E-state index contributed by atoms with van der Waals surface area (Å²) in [7, 11) is 1.69. The van der Waals surface area contributed by atoms with Crippen LogP contribution >= 0.6 is 15.9 Å². The number of halogens is 1. The number of hydrogen-bond acceptors (Lipinski definition) is 2. The Labute approximate surface area is 77.3 Å². The van der Waals surface area contributed by atoms with Gasteiger partial charge < -0.3 is 5.11 Å². The lowest BCUT2D eigenvalue weighted by Gasteiger charge is -1.89. The molecule has 0 aromatic carbocycles. The van der Waals surface area contributed by atoms with Crippen LogP contribution in [0.25, 0.3) is 0 Å². The fraction of sp³-hybridized carbons (Fsp3) is 0.143. The molecule has 1 rings (SSSR count). The second-order valence-corrected chi connectivity index (χ2v) is 2.87. The van der Waals surface area contributed by atoms with Crippen molar-refractivity contribution >= 4 is 21.9 Å². The van der Waals surface area contributed by atoms with Gasteiger partial charge in [-0.2, -0.15) is 5.10 Å². The third kappa shape index (κ3) is 1.86. The monoisotopic (exact) mass is 228 g/mol. The maximum absolute atomic E-state index is 10.1. The molecule has 0 amide bonds. The Morgan fingerprint density at radius 1 is 1.83 bits per heavy atom. The Bertz CT molecular complexity index is 353. The Kier molecular flexibility index (Phi) is 2.51. The van der Waals surface area contributed by atoms with E-state index in [4.69, 9.17) is 5.11 Å². The van der Waals surface area contributed by atoms with E-state index in [1.807, 2.05) is 5.92 Å². The number of carboxylic acids is 1. The van der Waals surface area contributed by atoms with Gasteiger partial charge in [-0.05, 0) is 21.9 Å². The molecule has 0 saturated heterocycles. The van der Waals surface area contributed by atoms with Gasteiger partial charge in [-0.15, -0.1) is 0 Å². The summed E-state index contributed by atoms with van der Waals surface area (Å²) in [6.45, 7) is 0. The Morgan fingerprint density at radius 3 is 2.92 bits per heavy atom. The maximum atomic E-state index is 10.1. The molecule has 0 bridgehead atoms. The second-order valence-electron chi connectivity index (χ2n) is 2.02. The molecule has 1 aromatic heterocycles. The van der Waals surface area contributed by atoms with Crippen molar-refractivity contribution in [3.8, 4) is 11.8 Å². The minimum absolute atomic E-state index is 0.553. The number of aliphatic carboxylic acids is 1. The summed E-state index contributed by atoms with van der Waals surface area (Å²) >= 11 is 3.19. The molecular formula is C7H5BrN2O2. The van der Waals surface area contributed by atoms with Crippen LogP contribution in [0.5, 0.6) is 0 Å². The predicted octanol–water partition coefficient (Wildman–Crippen LogP) is 0.619. The minimum Gasteiger partial charge on any atom is -0.472 e. The molecule has 0 aliphatic heterocycles. The fourth-order valence-electron chi connectivity index (χ4n) is 0.664. The lowest BCUT2D eigenvalue weighted by atomic mass is 10.4. The largest absolute Gasteiger partial charge is 0.472 e. The van der Waals surface area contributed by atoms with Gasteiger partial charge in [-0.3, -0.25) is 4.68 Å². The first-order valence-corrected chi connectivity index (χ1v) is 3.83. The topological polar surface area (TPSA) is 55.1 Å². The number of aryl methyl sites for hydroxylation is 1. The number of carbonyl (C=O) groups is 1. The van der Waals surface area contributed by atoms with Crippen LogP contribution in [-0.4, -0.2) is 20.9 Å². The average Bonchev–Trinajstić information content (AvgIpc) is 2.28. The van der Waals surface area contributed by atoms with Crippen LogP contribution in [-0.2, 0) is 11.8 Å². The van der Waals surface area contributed by atoms with Gasteiger partial charge in [0, 0.05) is 13.0 Å². The van der Waals surface area contributed by atoms with Crippen molar-refractivity contribution in [2.45, 2.75) is 0 Å². The molecule has 0 spiro atoms. The number of carboxylic acid groups (broad SMARTS) is 1. The standard InChI is InChI=1S/C7H5BrN2O2/c1-10-6(2-3-7(11)12)5(8)4-9-10/h4H,1H3,(H,11,12). The molecule has 1 heterocycles. The van der Waals surface area contributed by atoms with Gasteiger partial charge >= 0.3 is 5.97 Å². The van der Waals surface area contributed by atoms with Crippen molar-refractivity contribution in [2.24, 2.45) is 7.05 Å². The van der Waals surface area contributed by atoms with E-state index >= 15 is 0 Å². The van der Waals surface area contributed by atoms with Crippen LogP contribution in [0.3, 0.4) is 0 Å². The average molecular weight is 229 g/mol. The van der Waals surface area contributed by atoms with Gasteiger partial charge in [0.05, 0.1) is 10.7 Å². The summed E-state index contributed by atoms with van der Waals surface area (Å²) in [5, 5.41) is 12.1. The summed E-state index contributed by atoms with van der Waals surface area (Å²) < 4.78 is 2.19. The SMILES string of the molecule is Cn1ncc(Br)c1C#CC(=O)O. The molecule has 1 aromatic rings. The number of nitrogens with zero attached hydrogens (tertiary/aromatic N) is 2. The van der Waals surface area contributed by atoms with E-state index < -0.39 is 5.97 Å². The molecule has 0 radical (unpaired) electrons. The summed E-state index contributed by atoms with van der Waals surface area (Å²) in [6, 6.07) is 0. The highest BCUT2D eigenvalue weighted by atomic mass is 79.9.